The highest BCUT2D eigenvalue weighted by atomic mass is 32.2. The number of anilines is 1. The summed E-state index contributed by atoms with van der Waals surface area (Å²) < 4.78 is 149. The molecular weight excluding hydrogens is 1680 g/mol. The molecule has 22 saturated heterocycles. The molecule has 22 aliphatic rings. The Bertz CT molecular complexity index is 3480. The van der Waals surface area contributed by atoms with Crippen LogP contribution in [0.3, 0.4) is 0 Å². The average molecular weight is 1780 g/mol. The molecule has 22 aliphatic heterocycles. The third-order valence-corrected chi connectivity index (χ3v) is 23.5. The Morgan fingerprint density at radius 1 is 0.517 bits per heavy atom. The van der Waals surface area contributed by atoms with Gasteiger partial charge in [-0.15, -0.1) is 0 Å². The van der Waals surface area contributed by atoms with Gasteiger partial charge in [0.2, 0.25) is 18.9 Å². The molecule has 40 atom stereocenters. The zero-order valence-electron chi connectivity index (χ0n) is 62.3. The van der Waals surface area contributed by atoms with E-state index in [0.29, 0.717) is 10.3 Å². The summed E-state index contributed by atoms with van der Waals surface area (Å²) in [5.74, 6) is -8.17. The van der Waals surface area contributed by atoms with Gasteiger partial charge < -0.3 is 204 Å². The minimum Gasteiger partial charge on any atom is -0.454 e. The largest absolute Gasteiger partial charge is 0.475 e. The van der Waals surface area contributed by atoms with E-state index in [9.17, 15) is 140 Å². The first kappa shape index (κ1) is 96.5. The Morgan fingerprint density at radius 3 is 1.20 bits per heavy atom. The molecule has 118 heavy (non-hydrogen) atoms. The number of alkyl halides is 2. The average Bonchev–Trinajstić information content (AvgIpc) is 1.47. The minimum absolute atomic E-state index is 0.0901. The molecular formula is C63H100F2N5O45PS2. The number of aromatic nitrogens is 2. The van der Waals surface area contributed by atoms with E-state index in [1.807, 2.05) is 0 Å². The van der Waals surface area contributed by atoms with E-state index in [-0.39, 0.29) is 17.3 Å². The van der Waals surface area contributed by atoms with Gasteiger partial charge in [-0.1, -0.05) is 6.92 Å². The number of nitrogens with zero attached hydrogens (tertiary/aromatic N) is 2. The van der Waals surface area contributed by atoms with Gasteiger partial charge in [0.05, 0.1) is 64.3 Å². The number of nitrogens with two attached hydrogens (primary N) is 1. The fraction of sp³-hybridized carbons (Fsp3) is 0.889. The third kappa shape index (κ3) is 22.0. The Hall–Kier alpha value is -3.68. The third-order valence-electron chi connectivity index (χ3n) is 20.4. The summed E-state index contributed by atoms with van der Waals surface area (Å²) in [5.41, 5.74) is 4.11. The molecule has 0 spiro atoms. The number of rotatable bonds is 26. The molecule has 678 valence electrons. The van der Waals surface area contributed by atoms with E-state index in [1.54, 1.807) is 6.92 Å². The maximum absolute atomic E-state index is 14.9. The number of aliphatic hydroxyl groups excluding tert-OH is 20. The van der Waals surface area contributed by atoms with Crippen LogP contribution in [0.2, 0.25) is 0 Å². The van der Waals surface area contributed by atoms with E-state index < -0.39 is 348 Å². The molecule has 55 heteroatoms. The van der Waals surface area contributed by atoms with Crippen LogP contribution < -0.4 is 22.1 Å². The zero-order chi connectivity index (χ0) is 86.3. The maximum atomic E-state index is 14.9. The standard InChI is InChI=1S/C63H100F2N5O45PS2/c1-3-117-16-26-50-36(83)43(90)59(106-26)112-48-23(11-74)102-56(39(86)32(48)79)111-47-22(10-73)105-58(42(89)35(47)82)115-51-27(17-118-15-19(67-2)53(93)68-6-4-29(76)97-14-30(77)98-18-100-116(95,96)99-13-25-52(92)63(64,65)61(108-25)70-7-5-28(66)69-62(70)94)107-60(44(91)37(51)84)113-49-24(12-75)103-55(40(87)33(49)80)109-45-20(8-71)101-54(38(85)31(45)78)110-46-21(9-72)104-57(114-50)41(88)34(46)81/h5,7,19-27,31-52,54-61,67,71-75,78-92H,3-4,6,8-18H2,1-2H3,(H,68,93)(H,95,96)(H2,66,69,94)/t19-,20?,21?,22?,23?,24?,25-,26?,27?,31-,32-,33-,34-,35-,36-,37-,38?,39?,40?,41?,42?,43?,44?,45-,46-,47-,48-,49-,50-,51-,52-,54-,55-,56+,57-,58+,59-,60?,61-/m1/s1. The maximum Gasteiger partial charge on any atom is 0.475 e. The summed E-state index contributed by atoms with van der Waals surface area (Å²) in [7, 11) is -3.93. The Balaban J connectivity index is 0.811. The number of nitrogens with one attached hydrogen (secondary N) is 2. The molecule has 1 amide bonds. The van der Waals surface area contributed by atoms with Gasteiger partial charge in [-0.05, 0) is 18.9 Å². The van der Waals surface area contributed by atoms with Crippen molar-refractivity contribution in [2.45, 2.75) is 259 Å². The van der Waals surface area contributed by atoms with Crippen molar-refractivity contribution < 1.29 is 224 Å². The zero-order valence-corrected chi connectivity index (χ0v) is 64.8. The Labute approximate surface area is 674 Å². The Morgan fingerprint density at radius 2 is 0.864 bits per heavy atom. The van der Waals surface area contributed by atoms with Gasteiger partial charge in [-0.3, -0.25) is 18.7 Å². The van der Waals surface area contributed by atoms with Crippen molar-refractivity contribution in [3.63, 3.8) is 0 Å². The Kier molecular flexibility index (Phi) is 34.8. The van der Waals surface area contributed by atoms with E-state index >= 15 is 0 Å². The van der Waals surface area contributed by atoms with Crippen LogP contribution in [-0.4, -0.2) is 463 Å². The fourth-order valence-corrected chi connectivity index (χ4v) is 16.5. The first-order chi connectivity index (χ1) is 56.0. The van der Waals surface area contributed by atoms with Crippen LogP contribution in [0.25, 0.3) is 0 Å². The molecule has 22 fully saturated rings. The molecule has 25 N–H and O–H groups in total. The smallest absolute Gasteiger partial charge is 0.454 e. The highest BCUT2D eigenvalue weighted by Crippen LogP contribution is 2.48. The van der Waals surface area contributed by atoms with Crippen molar-refractivity contribution in [1.82, 2.24) is 20.2 Å². The van der Waals surface area contributed by atoms with Crippen LogP contribution in [0, 0.1) is 0 Å². The molecule has 23 rings (SSSR count). The van der Waals surface area contributed by atoms with E-state index in [2.05, 4.69) is 29.4 Å². The monoisotopic (exact) mass is 1780 g/mol. The topological polar surface area (TPSA) is 753 Å². The summed E-state index contributed by atoms with van der Waals surface area (Å²) in [6.45, 7) is -7.92. The van der Waals surface area contributed by atoms with Crippen LogP contribution in [0.5, 0.6) is 0 Å². The van der Waals surface area contributed by atoms with E-state index in [0.717, 1.165) is 24.0 Å². The second kappa shape index (κ2) is 42.5. The van der Waals surface area contributed by atoms with Gasteiger partial charge in [0.25, 0.3) is 0 Å². The number of carbonyl (C=O) groups excluding carboxylic acids is 3. The van der Waals surface area contributed by atoms with Crippen LogP contribution in [0.4, 0.5) is 14.6 Å². The molecule has 16 unspecified atom stereocenters. The number of esters is 2. The van der Waals surface area contributed by atoms with E-state index in [4.69, 9.17) is 81.5 Å². The van der Waals surface area contributed by atoms with E-state index in [1.165, 1.54) is 18.8 Å². The predicted octanol–water partition coefficient (Wildman–Crippen LogP) is -14.7. The van der Waals surface area contributed by atoms with Gasteiger partial charge in [-0.25, -0.2) is 18.7 Å². The molecule has 14 bridgehead atoms. The fourth-order valence-electron chi connectivity index (χ4n) is 14.0. The lowest BCUT2D eigenvalue weighted by molar-refractivity contribution is -0.395. The normalized spacial score (nSPS) is 43.9. The van der Waals surface area contributed by atoms with Crippen LogP contribution in [-0.2, 0) is 109 Å². The first-order valence-electron chi connectivity index (χ1n) is 36.8. The number of phosphoric acid groups is 1. The number of aliphatic hydroxyl groups is 20. The van der Waals surface area contributed by atoms with Gasteiger partial charge in [0.1, 0.15) is 171 Å². The summed E-state index contributed by atoms with van der Waals surface area (Å²) in [6.07, 6.45) is -78.5. The second-order valence-corrected chi connectivity index (χ2v) is 32.1. The number of phosphoric ester groups is 1. The lowest BCUT2D eigenvalue weighted by atomic mass is 9.95. The van der Waals surface area contributed by atoms with Crippen molar-refractivity contribution in [1.29, 1.82) is 0 Å². The number of ether oxygens (including phenoxy) is 17. The molecule has 0 aliphatic carbocycles. The molecule has 23 heterocycles. The minimum atomic E-state index is -5.27. The summed E-state index contributed by atoms with van der Waals surface area (Å²) >= 11 is 2.03. The number of hydrogen-bond donors (Lipinski definition) is 24. The van der Waals surface area contributed by atoms with Gasteiger partial charge in [0, 0.05) is 30.0 Å². The second-order valence-electron chi connectivity index (χ2n) is 28.2. The predicted molar refractivity (Wildman–Crippen MR) is 372 cm³/mol. The highest BCUT2D eigenvalue weighted by Gasteiger charge is 2.63. The van der Waals surface area contributed by atoms with Crippen LogP contribution in [0.15, 0.2) is 17.1 Å². The van der Waals surface area contributed by atoms with Crippen molar-refractivity contribution in [2.75, 3.05) is 95.4 Å². The first-order valence-corrected chi connectivity index (χ1v) is 40.6. The number of amides is 1. The summed E-state index contributed by atoms with van der Waals surface area (Å²) in [6, 6.07) is -0.209. The van der Waals surface area contributed by atoms with Crippen molar-refractivity contribution in [3.8, 4) is 0 Å². The molecule has 0 radical (unpaired) electrons. The van der Waals surface area contributed by atoms with Crippen molar-refractivity contribution in [2.24, 2.45) is 0 Å². The molecule has 0 aromatic carbocycles. The van der Waals surface area contributed by atoms with Gasteiger partial charge >= 0.3 is 31.4 Å². The number of carbonyl (C=O) groups is 3. The molecule has 1 aromatic rings. The van der Waals surface area contributed by atoms with Gasteiger partial charge in [0.15, 0.2) is 56.7 Å². The van der Waals surface area contributed by atoms with Crippen molar-refractivity contribution >= 4 is 55.0 Å². The number of thioether (sulfide) groups is 2. The number of nitrogen functional groups attached to an aromatic ring is 1. The summed E-state index contributed by atoms with van der Waals surface area (Å²) in [5, 5.41) is 232. The summed E-state index contributed by atoms with van der Waals surface area (Å²) in [4.78, 5) is 64.0. The lowest BCUT2D eigenvalue weighted by Crippen LogP contribution is -2.68. The SMILES string of the molecule is CCSCC1O[C@@H]2O[C@@H]3C(CO)O[C@@H](O[C@@H]4C(CO)O[C@@H](O[C@@H]5C(CSC[C@@H](NC)C(=O)NCCC(=O)OCC(=O)OCOP(=O)(O)OC[C@H]6O[C@@H](n7ccc(N)nc7=O)C(F)(F)[C@@H]6O)OC(O[C@@H]6C(CO)O[C@H](O[C@@H]7C(CO)O[C@H](O[C@@H]8C(CO)O[C@H](O[C@H]1[C@H](O)C2O)C(O)[C@H]8O)C(O)[C@H]7O)C(O)[C@H]6O)C(O)[C@H]5O)C(O)[C@H]4O)C(O)[C@H]3O. The number of hydrogen-bond acceptors (Lipinski definition) is 49. The molecule has 0 saturated carbocycles. The lowest BCUT2D eigenvalue weighted by Gasteiger charge is -2.50. The number of likely N-dealkylation sites (N-methyl/N-ethyl adjacent to an activating group) is 1. The molecule has 1 aromatic heterocycles. The van der Waals surface area contributed by atoms with Crippen molar-refractivity contribution in [3.05, 3.63) is 22.7 Å². The quantitative estimate of drug-likeness (QED) is 0.0233. The number of halogens is 2. The molecule has 50 nitrogen and oxygen atoms in total. The van der Waals surface area contributed by atoms with Crippen LogP contribution >= 0.6 is 31.3 Å². The van der Waals surface area contributed by atoms with Crippen LogP contribution in [0.1, 0.15) is 19.6 Å². The highest BCUT2D eigenvalue weighted by molar-refractivity contribution is 7.99. The van der Waals surface area contributed by atoms with Gasteiger partial charge in [-0.2, -0.15) is 37.3 Å².